The van der Waals surface area contributed by atoms with Crippen molar-refractivity contribution in [3.05, 3.63) is 76.3 Å². The second-order valence-electron chi connectivity index (χ2n) is 6.65. The fraction of sp³-hybridized carbons (Fsp3) is 0.238. The molecule has 0 spiro atoms. The minimum atomic E-state index is -0.419. The molecule has 1 atom stereocenters. The van der Waals surface area contributed by atoms with Gasteiger partial charge in [-0.05, 0) is 17.7 Å². The zero-order chi connectivity index (χ0) is 20.1. The highest BCUT2D eigenvalue weighted by molar-refractivity contribution is 5.79. The predicted molar refractivity (Wildman–Crippen MR) is 106 cm³/mol. The van der Waals surface area contributed by atoms with Gasteiger partial charge in [0.05, 0.1) is 29.9 Å². The Morgan fingerprint density at radius 1 is 1.11 bits per heavy atom. The number of rotatable bonds is 6. The number of nitrogens with one attached hydrogen (secondary N) is 2. The maximum Gasteiger partial charge on any atom is 0.258 e. The third-order valence-electron chi connectivity index (χ3n) is 4.43. The van der Waals surface area contributed by atoms with Crippen LogP contribution in [0.1, 0.15) is 30.8 Å². The first-order valence-corrected chi connectivity index (χ1v) is 8.98. The molecule has 7 nitrogen and oxygen atoms in total. The van der Waals surface area contributed by atoms with E-state index in [1.54, 1.807) is 25.2 Å². The lowest BCUT2D eigenvalue weighted by Gasteiger charge is -2.22. The van der Waals surface area contributed by atoms with Crippen molar-refractivity contribution in [2.75, 3.05) is 7.05 Å². The Labute approximate surface area is 162 Å². The van der Waals surface area contributed by atoms with E-state index in [1.165, 1.54) is 11.8 Å². The van der Waals surface area contributed by atoms with E-state index in [1.807, 2.05) is 36.4 Å². The zero-order valence-corrected chi connectivity index (χ0v) is 15.8. The minimum Gasteiger partial charge on any atom is -0.349 e. The molecule has 2 amide bonds. The summed E-state index contributed by atoms with van der Waals surface area (Å²) in [5, 5.41) is 3.33. The molecule has 3 rings (SSSR count). The monoisotopic (exact) mass is 378 g/mol. The summed E-state index contributed by atoms with van der Waals surface area (Å²) < 4.78 is 0. The number of aromatic nitrogens is 2. The third-order valence-corrected chi connectivity index (χ3v) is 4.43. The number of aromatic amines is 1. The Morgan fingerprint density at radius 2 is 1.79 bits per heavy atom. The van der Waals surface area contributed by atoms with Gasteiger partial charge in [-0.25, -0.2) is 4.98 Å². The molecule has 0 saturated heterocycles. The van der Waals surface area contributed by atoms with Crippen LogP contribution in [-0.2, 0) is 16.1 Å². The molecule has 0 fully saturated rings. The Hall–Kier alpha value is -3.48. The van der Waals surface area contributed by atoms with E-state index in [0.717, 1.165) is 5.56 Å². The van der Waals surface area contributed by atoms with E-state index in [9.17, 15) is 14.4 Å². The van der Waals surface area contributed by atoms with Crippen molar-refractivity contribution < 1.29 is 9.59 Å². The number of benzene rings is 2. The average Bonchev–Trinajstić information content (AvgIpc) is 2.67. The van der Waals surface area contributed by atoms with Gasteiger partial charge < -0.3 is 15.2 Å². The maximum absolute atomic E-state index is 12.7. The summed E-state index contributed by atoms with van der Waals surface area (Å²) in [6, 6.07) is 16.0. The summed E-state index contributed by atoms with van der Waals surface area (Å²) in [6.45, 7) is 1.59. The van der Waals surface area contributed by atoms with E-state index >= 15 is 0 Å². The van der Waals surface area contributed by atoms with E-state index in [4.69, 9.17) is 0 Å². The first-order chi connectivity index (χ1) is 13.4. The molecule has 0 aliphatic carbocycles. The van der Waals surface area contributed by atoms with Gasteiger partial charge in [0.15, 0.2) is 0 Å². The van der Waals surface area contributed by atoms with E-state index in [-0.39, 0.29) is 30.3 Å². The zero-order valence-electron chi connectivity index (χ0n) is 15.8. The molecule has 0 radical (unpaired) electrons. The molecule has 2 aromatic carbocycles. The molecular weight excluding hydrogens is 356 g/mol. The first-order valence-electron chi connectivity index (χ1n) is 8.98. The molecule has 3 aromatic rings. The fourth-order valence-corrected chi connectivity index (χ4v) is 3.04. The van der Waals surface area contributed by atoms with Crippen LogP contribution in [0.5, 0.6) is 0 Å². The summed E-state index contributed by atoms with van der Waals surface area (Å²) >= 11 is 0. The molecule has 0 saturated carbocycles. The summed E-state index contributed by atoms with van der Waals surface area (Å²) in [4.78, 5) is 45.1. The maximum atomic E-state index is 12.7. The Kier molecular flexibility index (Phi) is 5.84. The highest BCUT2D eigenvalue weighted by Gasteiger charge is 2.20. The summed E-state index contributed by atoms with van der Waals surface area (Å²) in [7, 11) is 1.65. The van der Waals surface area contributed by atoms with Gasteiger partial charge in [-0.2, -0.15) is 0 Å². The number of hydrogen-bond acceptors (Lipinski definition) is 4. The lowest BCUT2D eigenvalue weighted by Crippen LogP contribution is -2.34. The van der Waals surface area contributed by atoms with Crippen molar-refractivity contribution in [2.24, 2.45) is 0 Å². The molecule has 1 aromatic heterocycles. The largest absolute Gasteiger partial charge is 0.349 e. The van der Waals surface area contributed by atoms with Crippen LogP contribution in [0.15, 0.2) is 59.4 Å². The van der Waals surface area contributed by atoms with Crippen LogP contribution in [0, 0.1) is 0 Å². The first kappa shape index (κ1) is 19.3. The number of para-hydroxylation sites is 1. The minimum absolute atomic E-state index is 0.109. The predicted octanol–water partition coefficient (Wildman–Crippen LogP) is 2.15. The van der Waals surface area contributed by atoms with Gasteiger partial charge in [0.2, 0.25) is 11.8 Å². The molecule has 0 aliphatic rings. The molecule has 0 unspecified atom stereocenters. The number of carbonyl (C=O) groups is 2. The van der Waals surface area contributed by atoms with Crippen LogP contribution in [0.3, 0.4) is 0 Å². The lowest BCUT2D eigenvalue weighted by atomic mass is 10.0. The molecule has 7 heteroatoms. The quantitative estimate of drug-likeness (QED) is 0.687. The van der Waals surface area contributed by atoms with Crippen LogP contribution in [-0.4, -0.2) is 33.7 Å². The number of hydrogen-bond donors (Lipinski definition) is 2. The summed E-state index contributed by atoms with van der Waals surface area (Å²) in [5.74, 6) is 0.0404. The number of nitrogens with zero attached hydrogens (tertiary/aromatic N) is 2. The normalized spacial score (nSPS) is 11.8. The Morgan fingerprint density at radius 3 is 2.50 bits per heavy atom. The van der Waals surface area contributed by atoms with Crippen LogP contribution in [0.2, 0.25) is 0 Å². The average molecular weight is 378 g/mol. The van der Waals surface area contributed by atoms with E-state index < -0.39 is 6.04 Å². The third kappa shape index (κ3) is 4.62. The second-order valence-corrected chi connectivity index (χ2v) is 6.65. The number of H-pyrrole nitrogens is 1. The highest BCUT2D eigenvalue weighted by atomic mass is 16.2. The standard InChI is InChI=1S/C21H22N4O3/c1-14(26)22-18(15-8-4-3-5-9-15)12-20(27)25(2)13-19-23-17-11-7-6-10-16(17)21(28)24-19/h3-11,18H,12-13H2,1-2H3,(H,22,26)(H,23,24,28)/t18-/m1/s1. The van der Waals surface area contributed by atoms with Crippen molar-refractivity contribution >= 4 is 22.7 Å². The van der Waals surface area contributed by atoms with Crippen molar-refractivity contribution in [3.8, 4) is 0 Å². The van der Waals surface area contributed by atoms with Gasteiger partial charge >= 0.3 is 0 Å². The molecule has 28 heavy (non-hydrogen) atoms. The smallest absolute Gasteiger partial charge is 0.258 e. The SMILES string of the molecule is CC(=O)N[C@H](CC(=O)N(C)Cc1nc2ccccc2c(=O)[nH]1)c1ccccc1. The van der Waals surface area contributed by atoms with Crippen LogP contribution >= 0.6 is 0 Å². The van der Waals surface area contributed by atoms with Crippen LogP contribution in [0.4, 0.5) is 0 Å². The number of fused-ring (bicyclic) bond motifs is 1. The topological polar surface area (TPSA) is 95.2 Å². The lowest BCUT2D eigenvalue weighted by molar-refractivity contribution is -0.131. The van der Waals surface area contributed by atoms with E-state index in [0.29, 0.717) is 16.7 Å². The van der Waals surface area contributed by atoms with Gasteiger partial charge in [0.1, 0.15) is 5.82 Å². The van der Waals surface area contributed by atoms with Gasteiger partial charge in [-0.3, -0.25) is 14.4 Å². The van der Waals surface area contributed by atoms with Crippen molar-refractivity contribution in [3.63, 3.8) is 0 Å². The van der Waals surface area contributed by atoms with Crippen molar-refractivity contribution in [1.29, 1.82) is 0 Å². The number of amides is 2. The molecule has 0 aliphatic heterocycles. The van der Waals surface area contributed by atoms with Gasteiger partial charge in [-0.1, -0.05) is 42.5 Å². The van der Waals surface area contributed by atoms with Gasteiger partial charge in [0.25, 0.3) is 5.56 Å². The summed E-state index contributed by atoms with van der Waals surface area (Å²) in [5.41, 5.74) is 1.21. The molecule has 1 heterocycles. The van der Waals surface area contributed by atoms with Crippen molar-refractivity contribution in [2.45, 2.75) is 25.9 Å². The fourth-order valence-electron chi connectivity index (χ4n) is 3.04. The molecule has 0 bridgehead atoms. The second kappa shape index (κ2) is 8.47. The van der Waals surface area contributed by atoms with Crippen LogP contribution < -0.4 is 10.9 Å². The molecular formula is C21H22N4O3. The Bertz CT molecular complexity index is 1050. The molecule has 2 N–H and O–H groups in total. The summed E-state index contributed by atoms with van der Waals surface area (Å²) in [6.07, 6.45) is 0.109. The number of carbonyl (C=O) groups excluding carboxylic acids is 2. The molecule has 144 valence electrons. The Balaban J connectivity index is 1.74. The van der Waals surface area contributed by atoms with Crippen molar-refractivity contribution in [1.82, 2.24) is 20.2 Å². The van der Waals surface area contributed by atoms with Crippen LogP contribution in [0.25, 0.3) is 10.9 Å². The van der Waals surface area contributed by atoms with Gasteiger partial charge in [-0.15, -0.1) is 0 Å². The van der Waals surface area contributed by atoms with Gasteiger partial charge in [0, 0.05) is 14.0 Å². The highest BCUT2D eigenvalue weighted by Crippen LogP contribution is 2.18. The van der Waals surface area contributed by atoms with E-state index in [2.05, 4.69) is 15.3 Å².